The molecule has 0 aliphatic heterocycles. The molecule has 0 saturated heterocycles. The van der Waals surface area contributed by atoms with Gasteiger partial charge in [-0.3, -0.25) is 10.1 Å². The molecular formula is C18H18N4O2. The highest BCUT2D eigenvalue weighted by molar-refractivity contribution is 5.53. The monoisotopic (exact) mass is 322 g/mol. The summed E-state index contributed by atoms with van der Waals surface area (Å²) in [5.74, 6) is 0. The number of azo groups is 1. The largest absolute Gasteiger partial charge is 0.364 e. The Morgan fingerprint density at radius 2 is 1.38 bits per heavy atom. The van der Waals surface area contributed by atoms with Crippen molar-refractivity contribution in [1.29, 1.82) is 0 Å². The third-order valence-corrected chi connectivity index (χ3v) is 3.26. The minimum absolute atomic E-state index is 0.0304. The van der Waals surface area contributed by atoms with Gasteiger partial charge in [-0.1, -0.05) is 12.2 Å². The van der Waals surface area contributed by atoms with Crippen LogP contribution in [0.3, 0.4) is 0 Å². The molecule has 0 spiro atoms. The summed E-state index contributed by atoms with van der Waals surface area (Å²) >= 11 is 0. The number of hydrogen-bond donors (Lipinski definition) is 0. The maximum absolute atomic E-state index is 10.6. The van der Waals surface area contributed by atoms with Gasteiger partial charge in [-0.15, -0.1) is 13.2 Å². The van der Waals surface area contributed by atoms with Crippen LogP contribution in [-0.2, 0) is 0 Å². The van der Waals surface area contributed by atoms with Gasteiger partial charge in [0.05, 0.1) is 16.3 Å². The highest BCUT2D eigenvalue weighted by atomic mass is 16.6. The van der Waals surface area contributed by atoms with E-state index in [4.69, 9.17) is 0 Å². The first-order valence-corrected chi connectivity index (χ1v) is 7.37. The molecule has 0 saturated carbocycles. The minimum atomic E-state index is -0.447. The smallest absolute Gasteiger partial charge is 0.269 e. The first-order chi connectivity index (χ1) is 11.6. The molecule has 0 heterocycles. The summed E-state index contributed by atoms with van der Waals surface area (Å²) < 4.78 is 0. The average molecular weight is 322 g/mol. The van der Waals surface area contributed by atoms with Crippen molar-refractivity contribution in [3.05, 3.63) is 84.0 Å². The van der Waals surface area contributed by atoms with E-state index in [1.807, 2.05) is 36.4 Å². The Hall–Kier alpha value is -3.28. The fourth-order valence-corrected chi connectivity index (χ4v) is 2.08. The summed E-state index contributed by atoms with van der Waals surface area (Å²) in [6.07, 6.45) is 3.68. The van der Waals surface area contributed by atoms with Crippen LogP contribution in [-0.4, -0.2) is 18.0 Å². The fraction of sp³-hybridized carbons (Fsp3) is 0.111. The predicted molar refractivity (Wildman–Crippen MR) is 96.3 cm³/mol. The molecule has 0 unspecified atom stereocenters. The van der Waals surface area contributed by atoms with Crippen LogP contribution in [0.1, 0.15) is 0 Å². The van der Waals surface area contributed by atoms with Crippen molar-refractivity contribution in [1.82, 2.24) is 0 Å². The number of nitro benzene ring substituents is 1. The van der Waals surface area contributed by atoms with Gasteiger partial charge in [0.15, 0.2) is 0 Å². The second-order valence-corrected chi connectivity index (χ2v) is 4.97. The first kappa shape index (κ1) is 17.1. The molecule has 0 radical (unpaired) electrons. The molecule has 0 aliphatic rings. The van der Waals surface area contributed by atoms with Crippen LogP contribution in [0.25, 0.3) is 0 Å². The van der Waals surface area contributed by atoms with E-state index < -0.39 is 4.92 Å². The summed E-state index contributed by atoms with van der Waals surface area (Å²) in [5, 5.41) is 18.8. The molecule has 0 N–H and O–H groups in total. The van der Waals surface area contributed by atoms with Gasteiger partial charge in [-0.25, -0.2) is 0 Å². The van der Waals surface area contributed by atoms with Crippen molar-refractivity contribution in [3.8, 4) is 0 Å². The second-order valence-electron chi connectivity index (χ2n) is 4.97. The lowest BCUT2D eigenvalue weighted by molar-refractivity contribution is -0.384. The molecule has 6 nitrogen and oxygen atoms in total. The molecule has 0 bridgehead atoms. The number of non-ortho nitro benzene ring substituents is 1. The number of rotatable bonds is 8. The van der Waals surface area contributed by atoms with E-state index in [0.717, 1.165) is 18.8 Å². The molecule has 0 amide bonds. The van der Waals surface area contributed by atoms with Gasteiger partial charge < -0.3 is 4.90 Å². The van der Waals surface area contributed by atoms with Crippen molar-refractivity contribution >= 4 is 22.7 Å². The van der Waals surface area contributed by atoms with Crippen LogP contribution in [0.15, 0.2) is 84.1 Å². The third kappa shape index (κ3) is 4.61. The lowest BCUT2D eigenvalue weighted by atomic mass is 10.2. The van der Waals surface area contributed by atoms with E-state index >= 15 is 0 Å². The molecule has 2 aromatic carbocycles. The van der Waals surface area contributed by atoms with Crippen LogP contribution >= 0.6 is 0 Å². The van der Waals surface area contributed by atoms with Crippen LogP contribution in [0, 0.1) is 10.1 Å². The van der Waals surface area contributed by atoms with E-state index in [1.165, 1.54) is 12.1 Å². The molecule has 122 valence electrons. The standard InChI is InChI=1S/C18H18N4O2/c1-3-13-21(14-4-2)17-9-5-15(6-10-17)19-20-16-7-11-18(12-8-16)22(23)24/h3-12H,1-2,13-14H2/b20-19+. The molecule has 2 aromatic rings. The molecule has 6 heteroatoms. The summed E-state index contributed by atoms with van der Waals surface area (Å²) in [4.78, 5) is 12.3. The Labute approximate surface area is 140 Å². The molecule has 0 atom stereocenters. The maximum Gasteiger partial charge on any atom is 0.269 e. The van der Waals surface area contributed by atoms with Crippen LogP contribution in [0.4, 0.5) is 22.7 Å². The SMILES string of the molecule is C=CCN(CC=C)c1ccc(/N=N/c2ccc([N+](=O)[O-])cc2)cc1. The Morgan fingerprint density at radius 1 is 0.917 bits per heavy atom. The zero-order valence-corrected chi connectivity index (χ0v) is 13.2. The predicted octanol–water partition coefficient (Wildman–Crippen LogP) is 5.19. The van der Waals surface area contributed by atoms with Crippen molar-refractivity contribution < 1.29 is 4.92 Å². The lowest BCUT2D eigenvalue weighted by Crippen LogP contribution is -2.22. The first-order valence-electron chi connectivity index (χ1n) is 7.37. The van der Waals surface area contributed by atoms with E-state index in [-0.39, 0.29) is 5.69 Å². The molecule has 24 heavy (non-hydrogen) atoms. The maximum atomic E-state index is 10.6. The van der Waals surface area contributed by atoms with Gasteiger partial charge in [-0.05, 0) is 36.4 Å². The minimum Gasteiger partial charge on any atom is -0.364 e. The highest BCUT2D eigenvalue weighted by Gasteiger charge is 2.04. The number of nitrogens with zero attached hydrogens (tertiary/aromatic N) is 4. The highest BCUT2D eigenvalue weighted by Crippen LogP contribution is 2.23. The number of nitro groups is 1. The van der Waals surface area contributed by atoms with Gasteiger partial charge in [0.25, 0.3) is 5.69 Å². The normalized spacial score (nSPS) is 10.5. The van der Waals surface area contributed by atoms with Gasteiger partial charge in [0.2, 0.25) is 0 Å². The zero-order chi connectivity index (χ0) is 17.4. The second kappa shape index (κ2) is 8.38. The lowest BCUT2D eigenvalue weighted by Gasteiger charge is -2.21. The van der Waals surface area contributed by atoms with Gasteiger partial charge in [0.1, 0.15) is 0 Å². The summed E-state index contributed by atoms with van der Waals surface area (Å²) in [6.45, 7) is 8.97. The van der Waals surface area contributed by atoms with E-state index in [0.29, 0.717) is 11.4 Å². The Morgan fingerprint density at radius 3 is 1.79 bits per heavy atom. The number of hydrogen-bond acceptors (Lipinski definition) is 5. The van der Waals surface area contributed by atoms with Crippen LogP contribution < -0.4 is 4.90 Å². The molecule has 0 aromatic heterocycles. The summed E-state index contributed by atoms with van der Waals surface area (Å²) in [6, 6.07) is 13.6. The topological polar surface area (TPSA) is 71.1 Å². The van der Waals surface area contributed by atoms with E-state index in [2.05, 4.69) is 28.3 Å². The number of anilines is 1. The van der Waals surface area contributed by atoms with Crippen LogP contribution in [0.5, 0.6) is 0 Å². The molecule has 0 fully saturated rings. The Bertz CT molecular complexity index is 727. The molecule has 0 aliphatic carbocycles. The third-order valence-electron chi connectivity index (χ3n) is 3.26. The average Bonchev–Trinajstić information content (AvgIpc) is 2.60. The zero-order valence-electron chi connectivity index (χ0n) is 13.2. The van der Waals surface area contributed by atoms with Crippen LogP contribution in [0.2, 0.25) is 0 Å². The van der Waals surface area contributed by atoms with Gasteiger partial charge in [0, 0.05) is 30.9 Å². The van der Waals surface area contributed by atoms with E-state index in [1.54, 1.807) is 12.1 Å². The van der Waals surface area contributed by atoms with Crippen molar-refractivity contribution in [2.24, 2.45) is 10.2 Å². The molecule has 2 rings (SSSR count). The van der Waals surface area contributed by atoms with Gasteiger partial charge >= 0.3 is 0 Å². The Balaban J connectivity index is 2.08. The quantitative estimate of drug-likeness (QED) is 0.290. The van der Waals surface area contributed by atoms with Crippen molar-refractivity contribution in [3.63, 3.8) is 0 Å². The fourth-order valence-electron chi connectivity index (χ4n) is 2.08. The van der Waals surface area contributed by atoms with Gasteiger partial charge in [-0.2, -0.15) is 10.2 Å². The van der Waals surface area contributed by atoms with E-state index in [9.17, 15) is 10.1 Å². The molecular weight excluding hydrogens is 304 g/mol. The van der Waals surface area contributed by atoms with Crippen molar-refractivity contribution in [2.45, 2.75) is 0 Å². The number of benzene rings is 2. The summed E-state index contributed by atoms with van der Waals surface area (Å²) in [7, 11) is 0. The Kier molecular flexibility index (Phi) is 5.96. The summed E-state index contributed by atoms with van der Waals surface area (Å²) in [5.41, 5.74) is 2.34. The van der Waals surface area contributed by atoms with Crippen molar-refractivity contribution in [2.75, 3.05) is 18.0 Å².